The Bertz CT molecular complexity index is 584. The van der Waals surface area contributed by atoms with E-state index in [2.05, 4.69) is 4.98 Å². The van der Waals surface area contributed by atoms with Crippen LogP contribution in [0, 0.1) is 17.0 Å². The molecule has 2 rings (SSSR count). The monoisotopic (exact) mass is 264 g/mol. The fraction of sp³-hybridized carbons (Fsp3) is 0.0833. The number of hydrogen-bond acceptors (Lipinski definition) is 4. The number of nitrogens with zero attached hydrogens (tertiary/aromatic N) is 2. The number of benzene rings is 1. The van der Waals surface area contributed by atoms with Crippen LogP contribution in [0.1, 0.15) is 5.56 Å². The second-order valence-electron chi connectivity index (χ2n) is 3.63. The van der Waals surface area contributed by atoms with Gasteiger partial charge >= 0.3 is 11.6 Å². The summed E-state index contributed by atoms with van der Waals surface area (Å²) in [5.41, 5.74) is 0.843. The predicted molar refractivity (Wildman–Crippen MR) is 67.2 cm³/mol. The Balaban J connectivity index is 2.35. The second kappa shape index (κ2) is 5.01. The standard InChI is InChI=1S/C12H9ClN2O3/c1-8-2-4-9(5-3-8)18-12-10(15(16)17)6-7-11(13)14-12/h2-7H,1H3. The minimum Gasteiger partial charge on any atom is -0.434 e. The van der Waals surface area contributed by atoms with E-state index >= 15 is 0 Å². The zero-order chi connectivity index (χ0) is 13.1. The van der Waals surface area contributed by atoms with Crippen molar-refractivity contribution in [1.82, 2.24) is 4.98 Å². The van der Waals surface area contributed by atoms with E-state index in [0.717, 1.165) is 5.56 Å². The first-order valence-corrected chi connectivity index (χ1v) is 5.49. The van der Waals surface area contributed by atoms with E-state index in [1.165, 1.54) is 12.1 Å². The Hall–Kier alpha value is -2.14. The summed E-state index contributed by atoms with van der Waals surface area (Å²) in [5, 5.41) is 11.0. The van der Waals surface area contributed by atoms with Crippen LogP contribution in [0.25, 0.3) is 0 Å². The molecule has 0 amide bonds. The van der Waals surface area contributed by atoms with Crippen LogP contribution in [0.15, 0.2) is 36.4 Å². The van der Waals surface area contributed by atoms with E-state index in [-0.39, 0.29) is 16.7 Å². The van der Waals surface area contributed by atoms with E-state index in [4.69, 9.17) is 16.3 Å². The summed E-state index contributed by atoms with van der Waals surface area (Å²) < 4.78 is 5.37. The molecule has 5 nitrogen and oxygen atoms in total. The Labute approximate surface area is 108 Å². The average Bonchev–Trinajstić information content (AvgIpc) is 2.32. The zero-order valence-corrected chi connectivity index (χ0v) is 10.2. The highest BCUT2D eigenvalue weighted by molar-refractivity contribution is 6.29. The fourth-order valence-electron chi connectivity index (χ4n) is 1.34. The minimum absolute atomic E-state index is 0.114. The molecule has 0 saturated heterocycles. The molecule has 1 aromatic heterocycles. The third-order valence-corrected chi connectivity index (χ3v) is 2.45. The third-order valence-electron chi connectivity index (χ3n) is 2.24. The van der Waals surface area contributed by atoms with Crippen molar-refractivity contribution in [3.63, 3.8) is 0 Å². The van der Waals surface area contributed by atoms with Gasteiger partial charge in [0.2, 0.25) is 0 Å². The number of nitro groups is 1. The van der Waals surface area contributed by atoms with Crippen LogP contribution in [0.4, 0.5) is 5.69 Å². The molecule has 1 heterocycles. The number of rotatable bonds is 3. The van der Waals surface area contributed by atoms with Crippen LogP contribution >= 0.6 is 11.6 Å². The van der Waals surface area contributed by atoms with Gasteiger partial charge in [0, 0.05) is 6.07 Å². The molecule has 1 aromatic carbocycles. The number of halogens is 1. The van der Waals surface area contributed by atoms with E-state index in [9.17, 15) is 10.1 Å². The lowest BCUT2D eigenvalue weighted by molar-refractivity contribution is -0.386. The summed E-state index contributed by atoms with van der Waals surface area (Å²) >= 11 is 5.70. The highest BCUT2D eigenvalue weighted by atomic mass is 35.5. The zero-order valence-electron chi connectivity index (χ0n) is 9.46. The number of ether oxygens (including phenoxy) is 1. The molecule has 0 aliphatic heterocycles. The number of pyridine rings is 1. The first kappa shape index (κ1) is 12.3. The van der Waals surface area contributed by atoms with E-state index in [1.807, 2.05) is 19.1 Å². The van der Waals surface area contributed by atoms with Gasteiger partial charge in [-0.25, -0.2) is 0 Å². The van der Waals surface area contributed by atoms with Gasteiger partial charge < -0.3 is 4.74 Å². The van der Waals surface area contributed by atoms with Crippen molar-refractivity contribution < 1.29 is 9.66 Å². The number of hydrogen-bond donors (Lipinski definition) is 0. The average molecular weight is 265 g/mol. The highest BCUT2D eigenvalue weighted by Gasteiger charge is 2.17. The molecule has 0 unspecified atom stereocenters. The normalized spacial score (nSPS) is 10.1. The molecule has 18 heavy (non-hydrogen) atoms. The molecule has 0 atom stereocenters. The van der Waals surface area contributed by atoms with E-state index in [0.29, 0.717) is 5.75 Å². The maximum absolute atomic E-state index is 10.8. The molecule has 0 aliphatic carbocycles. The maximum Gasteiger partial charge on any atom is 0.331 e. The highest BCUT2D eigenvalue weighted by Crippen LogP contribution is 2.30. The lowest BCUT2D eigenvalue weighted by Gasteiger charge is -2.05. The van der Waals surface area contributed by atoms with Gasteiger partial charge in [0.25, 0.3) is 0 Å². The first-order chi connectivity index (χ1) is 8.56. The smallest absolute Gasteiger partial charge is 0.331 e. The van der Waals surface area contributed by atoms with Gasteiger partial charge in [-0.1, -0.05) is 29.3 Å². The molecule has 0 saturated carbocycles. The van der Waals surface area contributed by atoms with Crippen molar-refractivity contribution >= 4 is 17.3 Å². The number of aryl methyl sites for hydroxylation is 1. The predicted octanol–water partition coefficient (Wildman–Crippen LogP) is 3.74. The van der Waals surface area contributed by atoms with Crippen LogP contribution in [-0.2, 0) is 0 Å². The van der Waals surface area contributed by atoms with Crippen LogP contribution < -0.4 is 4.74 Å². The SMILES string of the molecule is Cc1ccc(Oc2nc(Cl)ccc2[N+](=O)[O-])cc1. The minimum atomic E-state index is -0.563. The molecule has 0 N–H and O–H groups in total. The maximum atomic E-state index is 10.8. The molecule has 0 aliphatic rings. The Morgan fingerprint density at radius 1 is 1.22 bits per heavy atom. The molecule has 92 valence electrons. The van der Waals surface area contributed by atoms with Gasteiger partial charge in [0.1, 0.15) is 10.9 Å². The molecule has 2 aromatic rings. The summed E-state index contributed by atoms with van der Waals surface area (Å²) in [6.45, 7) is 1.93. The summed E-state index contributed by atoms with van der Waals surface area (Å²) in [5.74, 6) is 0.356. The van der Waals surface area contributed by atoms with Gasteiger partial charge in [-0.3, -0.25) is 10.1 Å². The van der Waals surface area contributed by atoms with Crippen molar-refractivity contribution in [2.75, 3.05) is 0 Å². The van der Waals surface area contributed by atoms with E-state index in [1.54, 1.807) is 12.1 Å². The summed E-state index contributed by atoms with van der Waals surface area (Å²) in [7, 11) is 0. The largest absolute Gasteiger partial charge is 0.434 e. The molecular weight excluding hydrogens is 256 g/mol. The van der Waals surface area contributed by atoms with Gasteiger partial charge in [0.05, 0.1) is 4.92 Å². The van der Waals surface area contributed by atoms with Crippen molar-refractivity contribution in [3.05, 3.63) is 57.2 Å². The van der Waals surface area contributed by atoms with Crippen LogP contribution in [-0.4, -0.2) is 9.91 Å². The van der Waals surface area contributed by atoms with Crippen molar-refractivity contribution in [2.45, 2.75) is 6.92 Å². The molecule has 6 heteroatoms. The van der Waals surface area contributed by atoms with Gasteiger partial charge in [-0.05, 0) is 25.1 Å². The molecular formula is C12H9ClN2O3. The van der Waals surface area contributed by atoms with Crippen molar-refractivity contribution in [2.24, 2.45) is 0 Å². The van der Waals surface area contributed by atoms with Gasteiger partial charge in [-0.2, -0.15) is 4.98 Å². The van der Waals surface area contributed by atoms with Crippen LogP contribution in [0.3, 0.4) is 0 Å². The lowest BCUT2D eigenvalue weighted by atomic mass is 10.2. The van der Waals surface area contributed by atoms with Crippen LogP contribution in [0.5, 0.6) is 11.6 Å². The topological polar surface area (TPSA) is 65.3 Å². The Morgan fingerprint density at radius 3 is 2.50 bits per heavy atom. The van der Waals surface area contributed by atoms with Gasteiger partial charge in [0.15, 0.2) is 0 Å². The quantitative estimate of drug-likeness (QED) is 0.481. The van der Waals surface area contributed by atoms with Crippen molar-refractivity contribution in [3.8, 4) is 11.6 Å². The Kier molecular flexibility index (Phi) is 3.43. The fourth-order valence-corrected chi connectivity index (χ4v) is 1.48. The molecule has 0 bridgehead atoms. The summed E-state index contributed by atoms with van der Waals surface area (Å²) in [6, 6.07) is 9.71. The molecule has 0 fully saturated rings. The lowest BCUT2D eigenvalue weighted by Crippen LogP contribution is -1.96. The second-order valence-corrected chi connectivity index (χ2v) is 4.02. The Morgan fingerprint density at radius 2 is 1.89 bits per heavy atom. The van der Waals surface area contributed by atoms with Crippen molar-refractivity contribution in [1.29, 1.82) is 0 Å². The molecule has 0 radical (unpaired) electrons. The van der Waals surface area contributed by atoms with Crippen LogP contribution in [0.2, 0.25) is 5.15 Å². The summed E-state index contributed by atoms with van der Waals surface area (Å²) in [4.78, 5) is 14.1. The number of aromatic nitrogens is 1. The summed E-state index contributed by atoms with van der Waals surface area (Å²) in [6.07, 6.45) is 0. The first-order valence-electron chi connectivity index (χ1n) is 5.12. The third kappa shape index (κ3) is 2.75. The van der Waals surface area contributed by atoms with Gasteiger partial charge in [-0.15, -0.1) is 0 Å². The molecule has 0 spiro atoms. The van der Waals surface area contributed by atoms with E-state index < -0.39 is 4.92 Å².